The summed E-state index contributed by atoms with van der Waals surface area (Å²) in [6.45, 7) is 4.93. The van der Waals surface area contributed by atoms with Gasteiger partial charge >= 0.3 is 0 Å². The molecular weight excluding hydrogens is 270 g/mol. The van der Waals surface area contributed by atoms with E-state index >= 15 is 0 Å². The van der Waals surface area contributed by atoms with Gasteiger partial charge in [0.25, 0.3) is 5.91 Å². The lowest BCUT2D eigenvalue weighted by atomic mass is 10.1. The number of carbonyl (C=O) groups excluding carboxylic acids is 1. The third kappa shape index (κ3) is 2.69. The van der Waals surface area contributed by atoms with E-state index in [0.29, 0.717) is 36.0 Å². The summed E-state index contributed by atoms with van der Waals surface area (Å²) in [5, 5.41) is 9.77. The van der Waals surface area contributed by atoms with E-state index in [9.17, 15) is 4.79 Å². The minimum atomic E-state index is -0.196. The molecule has 0 saturated carbocycles. The van der Waals surface area contributed by atoms with Crippen LogP contribution in [0.2, 0.25) is 0 Å². The number of fused-ring (bicyclic) bond motifs is 1. The summed E-state index contributed by atoms with van der Waals surface area (Å²) in [7, 11) is 0. The average Bonchev–Trinajstić information content (AvgIpc) is 2.70. The lowest BCUT2D eigenvalue weighted by Crippen LogP contribution is -2.13. The number of rotatable bonds is 2. The van der Waals surface area contributed by atoms with E-state index in [1.165, 1.54) is 0 Å². The van der Waals surface area contributed by atoms with Crippen LogP contribution in [0, 0.1) is 13.8 Å². The highest BCUT2D eigenvalue weighted by atomic mass is 16.5. The van der Waals surface area contributed by atoms with Gasteiger partial charge in [-0.05, 0) is 32.0 Å². The Hall–Kier alpha value is -2.50. The first kappa shape index (κ1) is 13.5. The smallest absolute Gasteiger partial charge is 0.255 e. The van der Waals surface area contributed by atoms with Crippen molar-refractivity contribution in [3.05, 3.63) is 35.2 Å². The van der Waals surface area contributed by atoms with E-state index < -0.39 is 0 Å². The summed E-state index contributed by atoms with van der Waals surface area (Å²) in [5.41, 5.74) is 2.83. The fraction of sp³-hybridized carbons (Fsp3) is 0.333. The standard InChI is InChI=1S/C15H17N3O3/c1-9-14(10(2)18-17-9)16-15(19)11-4-5-12-13(8-11)21-7-3-6-20-12/h4-5,8H,3,6-7H2,1-2H3,(H,16,19)(H,17,18). The van der Waals surface area contributed by atoms with Crippen LogP contribution in [0.25, 0.3) is 0 Å². The predicted octanol–water partition coefficient (Wildman–Crippen LogP) is 2.44. The van der Waals surface area contributed by atoms with Crippen LogP contribution in [0.4, 0.5) is 5.69 Å². The number of anilines is 1. The third-order valence-corrected chi connectivity index (χ3v) is 3.38. The van der Waals surface area contributed by atoms with Crippen molar-refractivity contribution in [1.29, 1.82) is 0 Å². The van der Waals surface area contributed by atoms with Crippen molar-refractivity contribution in [2.24, 2.45) is 0 Å². The van der Waals surface area contributed by atoms with E-state index in [2.05, 4.69) is 15.5 Å². The Morgan fingerprint density at radius 2 is 2.00 bits per heavy atom. The van der Waals surface area contributed by atoms with E-state index in [4.69, 9.17) is 9.47 Å². The van der Waals surface area contributed by atoms with Crippen LogP contribution >= 0.6 is 0 Å². The van der Waals surface area contributed by atoms with Crippen molar-refractivity contribution in [2.45, 2.75) is 20.3 Å². The molecule has 6 heteroatoms. The maximum Gasteiger partial charge on any atom is 0.255 e. The topological polar surface area (TPSA) is 76.2 Å². The molecule has 3 rings (SSSR count). The van der Waals surface area contributed by atoms with Gasteiger partial charge in [0.1, 0.15) is 0 Å². The zero-order valence-corrected chi connectivity index (χ0v) is 12.0. The lowest BCUT2D eigenvalue weighted by molar-refractivity contribution is 0.102. The van der Waals surface area contributed by atoms with Gasteiger partial charge in [0.05, 0.1) is 30.3 Å². The molecule has 2 N–H and O–H groups in total. The van der Waals surface area contributed by atoms with Crippen LogP contribution in [0.1, 0.15) is 28.2 Å². The first-order valence-corrected chi connectivity index (χ1v) is 6.87. The number of hydrogen-bond acceptors (Lipinski definition) is 4. The first-order valence-electron chi connectivity index (χ1n) is 6.87. The summed E-state index contributed by atoms with van der Waals surface area (Å²) >= 11 is 0. The number of carbonyl (C=O) groups is 1. The molecule has 0 radical (unpaired) electrons. The van der Waals surface area contributed by atoms with Crippen LogP contribution in [-0.4, -0.2) is 29.3 Å². The Bertz CT molecular complexity index is 659. The summed E-state index contributed by atoms with van der Waals surface area (Å²) in [5.74, 6) is 1.10. The molecule has 0 unspecified atom stereocenters. The molecule has 2 aromatic rings. The molecule has 0 aliphatic carbocycles. The number of aromatic amines is 1. The maximum absolute atomic E-state index is 12.3. The van der Waals surface area contributed by atoms with Crippen molar-refractivity contribution in [3.8, 4) is 11.5 Å². The number of benzene rings is 1. The molecule has 1 amide bonds. The van der Waals surface area contributed by atoms with Crippen molar-refractivity contribution in [3.63, 3.8) is 0 Å². The van der Waals surface area contributed by atoms with Gasteiger partial charge < -0.3 is 14.8 Å². The molecule has 1 aromatic carbocycles. The Labute approximate surface area is 122 Å². The van der Waals surface area contributed by atoms with Crippen molar-refractivity contribution in [2.75, 3.05) is 18.5 Å². The second-order valence-electron chi connectivity index (χ2n) is 4.98. The number of nitrogens with zero attached hydrogens (tertiary/aromatic N) is 1. The number of amides is 1. The van der Waals surface area contributed by atoms with Gasteiger partial charge in [-0.25, -0.2) is 0 Å². The first-order chi connectivity index (χ1) is 10.1. The maximum atomic E-state index is 12.3. The molecule has 1 aromatic heterocycles. The van der Waals surface area contributed by atoms with Gasteiger partial charge in [-0.3, -0.25) is 9.89 Å². The van der Waals surface area contributed by atoms with Gasteiger partial charge in [-0.2, -0.15) is 5.10 Å². The summed E-state index contributed by atoms with van der Waals surface area (Å²) in [6, 6.07) is 5.21. The molecule has 0 saturated heterocycles. The molecule has 0 spiro atoms. The molecule has 0 fully saturated rings. The highest BCUT2D eigenvalue weighted by Crippen LogP contribution is 2.30. The number of nitrogens with one attached hydrogen (secondary N) is 2. The van der Waals surface area contributed by atoms with Gasteiger partial charge in [0.15, 0.2) is 11.5 Å². The van der Waals surface area contributed by atoms with Crippen LogP contribution in [0.15, 0.2) is 18.2 Å². The number of H-pyrrole nitrogens is 1. The minimum absolute atomic E-state index is 0.196. The number of ether oxygens (including phenoxy) is 2. The highest BCUT2D eigenvalue weighted by Gasteiger charge is 2.16. The highest BCUT2D eigenvalue weighted by molar-refractivity contribution is 6.05. The molecule has 110 valence electrons. The molecule has 21 heavy (non-hydrogen) atoms. The summed E-state index contributed by atoms with van der Waals surface area (Å²) in [4.78, 5) is 12.3. The molecule has 6 nitrogen and oxygen atoms in total. The van der Waals surface area contributed by atoms with E-state index in [-0.39, 0.29) is 5.91 Å². The third-order valence-electron chi connectivity index (χ3n) is 3.38. The van der Waals surface area contributed by atoms with E-state index in [0.717, 1.165) is 17.8 Å². The molecule has 1 aliphatic heterocycles. The Morgan fingerprint density at radius 1 is 1.24 bits per heavy atom. The van der Waals surface area contributed by atoms with E-state index in [1.807, 2.05) is 13.8 Å². The van der Waals surface area contributed by atoms with E-state index in [1.54, 1.807) is 18.2 Å². The second kappa shape index (κ2) is 5.47. The molecule has 2 heterocycles. The van der Waals surface area contributed by atoms with Crippen LogP contribution in [-0.2, 0) is 0 Å². The molecular formula is C15H17N3O3. The fourth-order valence-electron chi connectivity index (χ4n) is 2.23. The Kier molecular flexibility index (Phi) is 3.51. The fourth-order valence-corrected chi connectivity index (χ4v) is 2.23. The zero-order chi connectivity index (χ0) is 14.8. The van der Waals surface area contributed by atoms with Crippen molar-refractivity contribution >= 4 is 11.6 Å². The molecule has 0 bridgehead atoms. The molecule has 0 atom stereocenters. The number of aryl methyl sites for hydroxylation is 2. The quantitative estimate of drug-likeness (QED) is 0.889. The van der Waals surface area contributed by atoms with Gasteiger partial charge in [0.2, 0.25) is 0 Å². The van der Waals surface area contributed by atoms with Gasteiger partial charge in [-0.15, -0.1) is 0 Å². The van der Waals surface area contributed by atoms with Crippen LogP contribution < -0.4 is 14.8 Å². The van der Waals surface area contributed by atoms with Gasteiger partial charge in [-0.1, -0.05) is 0 Å². The van der Waals surface area contributed by atoms with Crippen LogP contribution in [0.3, 0.4) is 0 Å². The monoisotopic (exact) mass is 287 g/mol. The lowest BCUT2D eigenvalue weighted by Gasteiger charge is -2.10. The van der Waals surface area contributed by atoms with Crippen molar-refractivity contribution < 1.29 is 14.3 Å². The summed E-state index contributed by atoms with van der Waals surface area (Å²) < 4.78 is 11.2. The summed E-state index contributed by atoms with van der Waals surface area (Å²) in [6.07, 6.45) is 0.837. The predicted molar refractivity (Wildman–Crippen MR) is 78.1 cm³/mol. The number of aromatic nitrogens is 2. The zero-order valence-electron chi connectivity index (χ0n) is 12.0. The number of hydrogen-bond donors (Lipinski definition) is 2. The van der Waals surface area contributed by atoms with Crippen molar-refractivity contribution in [1.82, 2.24) is 10.2 Å². The van der Waals surface area contributed by atoms with Gasteiger partial charge in [0, 0.05) is 12.0 Å². The normalized spacial score (nSPS) is 13.6. The SMILES string of the molecule is Cc1n[nH]c(C)c1NC(=O)c1ccc2c(c1)OCCCO2. The molecule has 1 aliphatic rings. The Balaban J connectivity index is 1.83. The minimum Gasteiger partial charge on any atom is -0.490 e. The second-order valence-corrected chi connectivity index (χ2v) is 4.98. The van der Waals surface area contributed by atoms with Crippen LogP contribution in [0.5, 0.6) is 11.5 Å². The Morgan fingerprint density at radius 3 is 2.71 bits per heavy atom. The largest absolute Gasteiger partial charge is 0.490 e. The average molecular weight is 287 g/mol.